The molecule has 6 nitrogen and oxygen atoms in total. The van der Waals surface area contributed by atoms with Gasteiger partial charge in [-0.05, 0) is 81.3 Å². The summed E-state index contributed by atoms with van der Waals surface area (Å²) in [6.45, 7) is 10.4. The number of piperidine rings is 1. The quantitative estimate of drug-likeness (QED) is 0.494. The van der Waals surface area contributed by atoms with E-state index in [-0.39, 0.29) is 29.3 Å². The molecule has 3 atom stereocenters. The summed E-state index contributed by atoms with van der Waals surface area (Å²) in [6, 6.07) is 8.66. The number of urea groups is 1. The van der Waals surface area contributed by atoms with Crippen LogP contribution in [0.2, 0.25) is 5.02 Å². The van der Waals surface area contributed by atoms with Crippen LogP contribution in [0, 0.1) is 17.6 Å². The summed E-state index contributed by atoms with van der Waals surface area (Å²) < 4.78 is 28.5. The van der Waals surface area contributed by atoms with Gasteiger partial charge in [0.25, 0.3) is 0 Å². The van der Waals surface area contributed by atoms with Crippen LogP contribution in [0.3, 0.4) is 0 Å². The van der Waals surface area contributed by atoms with E-state index in [1.165, 1.54) is 17.0 Å². The fourth-order valence-corrected chi connectivity index (χ4v) is 6.22. The summed E-state index contributed by atoms with van der Waals surface area (Å²) in [5, 5.41) is 0.592. The van der Waals surface area contributed by atoms with Gasteiger partial charge in [0.2, 0.25) is 5.91 Å². The van der Waals surface area contributed by atoms with Crippen molar-refractivity contribution in [2.45, 2.75) is 64.0 Å². The summed E-state index contributed by atoms with van der Waals surface area (Å²) in [5.41, 5.74) is 7.80. The highest BCUT2D eigenvalue weighted by Crippen LogP contribution is 2.40. The number of primary amides is 1. The van der Waals surface area contributed by atoms with E-state index in [0.29, 0.717) is 36.8 Å². The van der Waals surface area contributed by atoms with Gasteiger partial charge >= 0.3 is 6.03 Å². The number of hydrogen-bond acceptors (Lipinski definition) is 3. The molecule has 3 amide bonds. The van der Waals surface area contributed by atoms with Crippen LogP contribution in [0.25, 0.3) is 0 Å². The molecule has 39 heavy (non-hydrogen) atoms. The van der Waals surface area contributed by atoms with Gasteiger partial charge in [0, 0.05) is 55.8 Å². The van der Waals surface area contributed by atoms with Crippen LogP contribution in [0.1, 0.15) is 75.1 Å². The minimum atomic E-state index is -0.621. The SMILES string of the molecule is CC(c1cc(Cl)ccc1C1CCN(C(=O)[C@@H]2CN(C(C)(C)C)C[C@H]2c2ccc(F)cc2F)CC1)N(C)C(N)=O. The van der Waals surface area contributed by atoms with Crippen molar-refractivity contribution in [3.05, 3.63) is 69.7 Å². The molecule has 2 aliphatic heterocycles. The third-order valence-corrected chi connectivity index (χ3v) is 8.86. The summed E-state index contributed by atoms with van der Waals surface area (Å²) in [4.78, 5) is 31.3. The first kappa shape index (κ1) is 29.3. The molecule has 2 aromatic carbocycles. The number of rotatable bonds is 5. The Bertz CT molecular complexity index is 1230. The average Bonchev–Trinajstić information content (AvgIpc) is 3.33. The van der Waals surface area contributed by atoms with E-state index in [9.17, 15) is 18.4 Å². The average molecular weight is 561 g/mol. The van der Waals surface area contributed by atoms with Crippen molar-refractivity contribution in [2.24, 2.45) is 11.7 Å². The van der Waals surface area contributed by atoms with Gasteiger partial charge in [0.15, 0.2) is 0 Å². The summed E-state index contributed by atoms with van der Waals surface area (Å²) in [6.07, 6.45) is 1.53. The van der Waals surface area contributed by atoms with Crippen LogP contribution < -0.4 is 5.73 Å². The van der Waals surface area contributed by atoms with E-state index < -0.39 is 23.6 Å². The summed E-state index contributed by atoms with van der Waals surface area (Å²) in [7, 11) is 1.67. The Morgan fingerprint density at radius 1 is 1.05 bits per heavy atom. The Morgan fingerprint density at radius 3 is 2.28 bits per heavy atom. The lowest BCUT2D eigenvalue weighted by atomic mass is 9.83. The topological polar surface area (TPSA) is 69.9 Å². The van der Waals surface area contributed by atoms with E-state index in [2.05, 4.69) is 25.7 Å². The van der Waals surface area contributed by atoms with E-state index in [4.69, 9.17) is 17.3 Å². The number of carbonyl (C=O) groups is 2. The van der Waals surface area contributed by atoms with Crippen LogP contribution in [0.15, 0.2) is 36.4 Å². The first-order valence-electron chi connectivity index (χ1n) is 13.6. The Kier molecular flexibility index (Phi) is 8.57. The van der Waals surface area contributed by atoms with Gasteiger partial charge in [-0.3, -0.25) is 9.69 Å². The molecule has 2 saturated heterocycles. The number of nitrogens with zero attached hydrogens (tertiary/aromatic N) is 3. The molecule has 0 saturated carbocycles. The van der Waals surface area contributed by atoms with Gasteiger partial charge < -0.3 is 15.5 Å². The van der Waals surface area contributed by atoms with Crippen LogP contribution >= 0.6 is 11.6 Å². The van der Waals surface area contributed by atoms with E-state index in [1.807, 2.05) is 30.0 Å². The lowest BCUT2D eigenvalue weighted by molar-refractivity contribution is -0.136. The third-order valence-electron chi connectivity index (χ3n) is 8.62. The summed E-state index contributed by atoms with van der Waals surface area (Å²) >= 11 is 6.31. The van der Waals surface area contributed by atoms with E-state index in [1.54, 1.807) is 7.05 Å². The van der Waals surface area contributed by atoms with Crippen molar-refractivity contribution in [1.29, 1.82) is 0 Å². The molecular weight excluding hydrogens is 522 g/mol. The van der Waals surface area contributed by atoms with Gasteiger partial charge in [-0.15, -0.1) is 0 Å². The Labute approximate surface area is 235 Å². The molecule has 9 heteroatoms. The smallest absolute Gasteiger partial charge is 0.315 e. The predicted octanol–water partition coefficient (Wildman–Crippen LogP) is 5.91. The number of halogens is 3. The lowest BCUT2D eigenvalue weighted by Crippen LogP contribution is -2.44. The predicted molar refractivity (Wildman–Crippen MR) is 150 cm³/mol. The molecule has 2 aliphatic rings. The van der Waals surface area contributed by atoms with E-state index in [0.717, 1.165) is 30.0 Å². The Balaban J connectivity index is 1.52. The van der Waals surface area contributed by atoms with Gasteiger partial charge in [-0.2, -0.15) is 0 Å². The Morgan fingerprint density at radius 2 is 1.69 bits per heavy atom. The number of likely N-dealkylation sites (tertiary alicyclic amines) is 2. The molecular formula is C30H39ClF2N4O2. The zero-order chi connectivity index (χ0) is 28.6. The first-order valence-corrected chi connectivity index (χ1v) is 14.0. The molecule has 1 unspecified atom stereocenters. The molecule has 2 aromatic rings. The van der Waals surface area contributed by atoms with Gasteiger partial charge in [0.05, 0.1) is 12.0 Å². The van der Waals surface area contributed by atoms with Gasteiger partial charge in [-0.25, -0.2) is 13.6 Å². The highest BCUT2D eigenvalue weighted by molar-refractivity contribution is 6.30. The fourth-order valence-electron chi connectivity index (χ4n) is 6.04. The Hall–Kier alpha value is -2.71. The van der Waals surface area contributed by atoms with Crippen molar-refractivity contribution in [3.63, 3.8) is 0 Å². The molecule has 4 rings (SSSR count). The van der Waals surface area contributed by atoms with E-state index >= 15 is 0 Å². The number of amides is 3. The second-order valence-corrected chi connectivity index (χ2v) is 12.4. The second-order valence-electron chi connectivity index (χ2n) is 12.0. The summed E-state index contributed by atoms with van der Waals surface area (Å²) in [5.74, 6) is -1.75. The molecule has 0 aromatic heterocycles. The maximum atomic E-state index is 14.9. The maximum absolute atomic E-state index is 14.9. The number of hydrogen-bond donors (Lipinski definition) is 1. The zero-order valence-corrected chi connectivity index (χ0v) is 24.1. The highest BCUT2D eigenvalue weighted by atomic mass is 35.5. The van der Waals surface area contributed by atoms with Crippen LogP contribution in [0.4, 0.5) is 13.6 Å². The monoisotopic (exact) mass is 560 g/mol. The molecule has 0 spiro atoms. The second kappa shape index (κ2) is 11.4. The van der Waals surface area contributed by atoms with Crippen molar-refractivity contribution >= 4 is 23.5 Å². The molecule has 0 radical (unpaired) electrons. The van der Waals surface area contributed by atoms with Crippen molar-refractivity contribution in [1.82, 2.24) is 14.7 Å². The lowest BCUT2D eigenvalue weighted by Gasteiger charge is -2.36. The minimum absolute atomic E-state index is 0.0204. The van der Waals surface area contributed by atoms with Crippen molar-refractivity contribution in [3.8, 4) is 0 Å². The normalized spacial score (nSPS) is 21.7. The molecule has 2 fully saturated rings. The van der Waals surface area contributed by atoms with Gasteiger partial charge in [-0.1, -0.05) is 23.7 Å². The van der Waals surface area contributed by atoms with Crippen LogP contribution in [-0.4, -0.2) is 65.4 Å². The van der Waals surface area contributed by atoms with Crippen molar-refractivity contribution in [2.75, 3.05) is 33.2 Å². The molecule has 2 N–H and O–H groups in total. The number of carbonyl (C=O) groups excluding carboxylic acids is 2. The van der Waals surface area contributed by atoms with Crippen LogP contribution in [-0.2, 0) is 4.79 Å². The molecule has 2 heterocycles. The standard InChI is InChI=1S/C30H39ClF2N4O2/c1-18(35(5)29(34)39)24-14-20(31)6-8-22(24)19-10-12-36(13-11-19)28(38)26-17-37(30(2,3)4)16-25(26)23-9-7-21(32)15-27(23)33/h6-9,14-15,18-19,25-26H,10-13,16-17H2,1-5H3,(H2,34,39)/t18?,25-,26+/m0/s1. The highest BCUT2D eigenvalue weighted by Gasteiger charge is 2.44. The first-order chi connectivity index (χ1) is 18.3. The molecule has 0 bridgehead atoms. The maximum Gasteiger partial charge on any atom is 0.315 e. The number of benzene rings is 2. The van der Waals surface area contributed by atoms with Crippen LogP contribution in [0.5, 0.6) is 0 Å². The zero-order valence-electron chi connectivity index (χ0n) is 23.4. The number of nitrogens with two attached hydrogens (primary N) is 1. The fraction of sp³-hybridized carbons (Fsp3) is 0.533. The molecule has 0 aliphatic carbocycles. The molecule has 212 valence electrons. The largest absolute Gasteiger partial charge is 0.351 e. The third kappa shape index (κ3) is 6.22. The van der Waals surface area contributed by atoms with Gasteiger partial charge in [0.1, 0.15) is 11.6 Å². The van der Waals surface area contributed by atoms with Crippen molar-refractivity contribution < 1.29 is 18.4 Å². The minimum Gasteiger partial charge on any atom is -0.351 e.